The van der Waals surface area contributed by atoms with Crippen molar-refractivity contribution in [3.63, 3.8) is 0 Å². The molecule has 1 amide bonds. The highest BCUT2D eigenvalue weighted by molar-refractivity contribution is 7.80. The van der Waals surface area contributed by atoms with Crippen LogP contribution in [0.3, 0.4) is 0 Å². The van der Waals surface area contributed by atoms with Crippen LogP contribution in [-0.4, -0.2) is 27.0 Å². The van der Waals surface area contributed by atoms with Gasteiger partial charge in [-0.05, 0) is 19.3 Å². The molecule has 1 aromatic heterocycles. The van der Waals surface area contributed by atoms with Gasteiger partial charge in [-0.15, -0.1) is 0 Å². The predicted molar refractivity (Wildman–Crippen MR) is 66.2 cm³/mol. The highest BCUT2D eigenvalue weighted by Gasteiger charge is 2.07. The number of carbonyl (C=O) groups excluding carboxylic acids is 1. The maximum atomic E-state index is 11.6. The predicted octanol–water partition coefficient (Wildman–Crippen LogP) is 0.606. The van der Waals surface area contributed by atoms with Gasteiger partial charge in [-0.3, -0.25) is 4.79 Å². The van der Waals surface area contributed by atoms with E-state index in [-0.39, 0.29) is 5.91 Å². The Bertz CT molecular complexity index is 375. The largest absolute Gasteiger partial charge is 0.393 e. The molecule has 5 nitrogen and oxygen atoms in total. The normalized spacial score (nSPS) is 10.1. The molecule has 0 fully saturated rings. The number of nitrogens with two attached hydrogens (primary N) is 1. The number of aryl methyl sites for hydroxylation is 1. The summed E-state index contributed by atoms with van der Waals surface area (Å²) in [7, 11) is 1.79. The van der Waals surface area contributed by atoms with Crippen molar-refractivity contribution in [3.05, 3.63) is 18.2 Å². The molecule has 3 N–H and O–H groups in total. The fraction of sp³-hybridized carbons (Fsp3) is 0.500. The monoisotopic (exact) mass is 240 g/mol. The van der Waals surface area contributed by atoms with Crippen molar-refractivity contribution in [2.45, 2.75) is 19.3 Å². The molecule has 0 spiro atoms. The van der Waals surface area contributed by atoms with Crippen molar-refractivity contribution in [3.8, 4) is 0 Å². The quantitative estimate of drug-likeness (QED) is 0.564. The van der Waals surface area contributed by atoms with E-state index in [1.54, 1.807) is 24.1 Å². The Hall–Kier alpha value is -1.43. The Kier molecular flexibility index (Phi) is 4.91. The number of aromatic nitrogens is 2. The molecule has 16 heavy (non-hydrogen) atoms. The molecule has 0 aliphatic heterocycles. The van der Waals surface area contributed by atoms with Crippen molar-refractivity contribution in [2.24, 2.45) is 12.8 Å². The van der Waals surface area contributed by atoms with Crippen LogP contribution in [0.1, 0.15) is 29.8 Å². The number of rotatable bonds is 6. The van der Waals surface area contributed by atoms with Crippen LogP contribution in [0, 0.1) is 0 Å². The molecular weight excluding hydrogens is 224 g/mol. The van der Waals surface area contributed by atoms with Crippen molar-refractivity contribution >= 4 is 23.1 Å². The lowest BCUT2D eigenvalue weighted by molar-refractivity contribution is 0.0945. The summed E-state index contributed by atoms with van der Waals surface area (Å²) in [6, 6.07) is 0. The molecule has 1 aromatic rings. The smallest absolute Gasteiger partial charge is 0.269 e. The zero-order valence-electron chi connectivity index (χ0n) is 9.27. The molecule has 6 heteroatoms. The Balaban J connectivity index is 2.21. The van der Waals surface area contributed by atoms with Crippen molar-refractivity contribution in [2.75, 3.05) is 6.54 Å². The minimum atomic E-state index is -0.102. The van der Waals surface area contributed by atoms with Gasteiger partial charge in [-0.2, -0.15) is 0 Å². The Morgan fingerprint density at radius 3 is 2.94 bits per heavy atom. The van der Waals surface area contributed by atoms with E-state index in [9.17, 15) is 4.79 Å². The van der Waals surface area contributed by atoms with Crippen LogP contribution in [0.2, 0.25) is 0 Å². The summed E-state index contributed by atoms with van der Waals surface area (Å²) in [4.78, 5) is 16.0. The van der Waals surface area contributed by atoms with E-state index >= 15 is 0 Å². The lowest BCUT2D eigenvalue weighted by atomic mass is 10.2. The van der Waals surface area contributed by atoms with Gasteiger partial charge in [0.15, 0.2) is 0 Å². The molecule has 0 aliphatic rings. The van der Waals surface area contributed by atoms with Crippen LogP contribution in [0.15, 0.2) is 12.5 Å². The summed E-state index contributed by atoms with van der Waals surface area (Å²) in [6.07, 6.45) is 5.66. The van der Waals surface area contributed by atoms with Crippen molar-refractivity contribution in [1.82, 2.24) is 14.9 Å². The van der Waals surface area contributed by atoms with Crippen molar-refractivity contribution in [1.29, 1.82) is 0 Å². The fourth-order valence-corrected chi connectivity index (χ4v) is 1.44. The van der Waals surface area contributed by atoms with Gasteiger partial charge in [0.25, 0.3) is 5.91 Å². The topological polar surface area (TPSA) is 72.9 Å². The van der Waals surface area contributed by atoms with Gasteiger partial charge in [0.1, 0.15) is 5.69 Å². The van der Waals surface area contributed by atoms with Gasteiger partial charge in [0, 0.05) is 13.6 Å². The van der Waals surface area contributed by atoms with Crippen LogP contribution in [0.5, 0.6) is 0 Å². The second-order valence-electron chi connectivity index (χ2n) is 3.57. The highest BCUT2D eigenvalue weighted by Crippen LogP contribution is 1.97. The van der Waals surface area contributed by atoms with E-state index in [0.29, 0.717) is 17.2 Å². The average Bonchev–Trinajstić information content (AvgIpc) is 2.63. The third kappa shape index (κ3) is 3.98. The lowest BCUT2D eigenvalue weighted by Gasteiger charge is -2.04. The van der Waals surface area contributed by atoms with Crippen LogP contribution >= 0.6 is 12.2 Å². The van der Waals surface area contributed by atoms with Crippen LogP contribution in [-0.2, 0) is 7.05 Å². The number of unbranched alkanes of at least 4 members (excludes halogenated alkanes) is 1. The molecule has 0 aromatic carbocycles. The maximum absolute atomic E-state index is 11.6. The number of hydrogen-bond donors (Lipinski definition) is 2. The number of thiocarbonyl (C=S) groups is 1. The minimum Gasteiger partial charge on any atom is -0.393 e. The first kappa shape index (κ1) is 12.6. The first-order chi connectivity index (χ1) is 7.61. The van der Waals surface area contributed by atoms with Gasteiger partial charge in [0.2, 0.25) is 0 Å². The van der Waals surface area contributed by atoms with E-state index in [4.69, 9.17) is 18.0 Å². The zero-order chi connectivity index (χ0) is 12.0. The van der Waals surface area contributed by atoms with E-state index in [0.717, 1.165) is 19.3 Å². The first-order valence-corrected chi connectivity index (χ1v) is 5.55. The third-order valence-corrected chi connectivity index (χ3v) is 2.39. The van der Waals surface area contributed by atoms with Crippen LogP contribution in [0.4, 0.5) is 0 Å². The number of carbonyl (C=O) groups is 1. The standard InChI is InChI=1S/C10H16N4OS/c1-14-7-12-6-8(14)10(15)13-5-3-2-4-9(11)16/h6-7H,2-5H2,1H3,(H2,11,16)(H,13,15). The van der Waals surface area contributed by atoms with Gasteiger partial charge >= 0.3 is 0 Å². The van der Waals surface area contributed by atoms with E-state index in [2.05, 4.69) is 10.3 Å². The van der Waals surface area contributed by atoms with Gasteiger partial charge in [0.05, 0.1) is 17.5 Å². The first-order valence-electron chi connectivity index (χ1n) is 5.14. The number of imidazole rings is 1. The fourth-order valence-electron chi connectivity index (χ4n) is 1.29. The molecule has 0 atom stereocenters. The van der Waals surface area contributed by atoms with E-state index in [1.165, 1.54) is 0 Å². The zero-order valence-corrected chi connectivity index (χ0v) is 10.1. The molecular formula is C10H16N4OS. The molecule has 0 saturated carbocycles. The summed E-state index contributed by atoms with van der Waals surface area (Å²) in [6.45, 7) is 0.632. The molecule has 1 heterocycles. The van der Waals surface area contributed by atoms with Gasteiger partial charge in [-0.1, -0.05) is 12.2 Å². The average molecular weight is 240 g/mol. The van der Waals surface area contributed by atoms with Gasteiger partial charge in [-0.25, -0.2) is 4.98 Å². The molecule has 88 valence electrons. The Morgan fingerprint density at radius 1 is 1.62 bits per heavy atom. The number of nitrogens with zero attached hydrogens (tertiary/aromatic N) is 2. The Morgan fingerprint density at radius 2 is 2.38 bits per heavy atom. The molecule has 0 bridgehead atoms. The maximum Gasteiger partial charge on any atom is 0.269 e. The minimum absolute atomic E-state index is 0.102. The van der Waals surface area contributed by atoms with Crippen molar-refractivity contribution < 1.29 is 4.79 Å². The molecule has 1 rings (SSSR count). The molecule has 0 saturated heterocycles. The Labute approximate surface area is 100 Å². The molecule has 0 aliphatic carbocycles. The lowest BCUT2D eigenvalue weighted by Crippen LogP contribution is -2.26. The summed E-state index contributed by atoms with van der Waals surface area (Å²) >= 11 is 4.76. The van der Waals surface area contributed by atoms with Gasteiger partial charge < -0.3 is 15.6 Å². The molecule has 0 unspecified atom stereocenters. The van der Waals surface area contributed by atoms with E-state index in [1.807, 2.05) is 0 Å². The molecule has 0 radical (unpaired) electrons. The second kappa shape index (κ2) is 6.22. The SMILES string of the molecule is Cn1cncc1C(=O)NCCCCC(N)=S. The van der Waals surface area contributed by atoms with Crippen LogP contribution < -0.4 is 11.1 Å². The number of nitrogens with one attached hydrogen (secondary N) is 1. The summed E-state index contributed by atoms with van der Waals surface area (Å²) in [5.74, 6) is -0.102. The van der Waals surface area contributed by atoms with Crippen LogP contribution in [0.25, 0.3) is 0 Å². The third-order valence-electron chi connectivity index (χ3n) is 2.18. The summed E-state index contributed by atoms with van der Waals surface area (Å²) in [5.41, 5.74) is 5.93. The van der Waals surface area contributed by atoms with E-state index < -0.39 is 0 Å². The number of amides is 1. The summed E-state index contributed by atoms with van der Waals surface area (Å²) in [5, 5.41) is 2.82. The number of hydrogen-bond acceptors (Lipinski definition) is 3. The summed E-state index contributed by atoms with van der Waals surface area (Å²) < 4.78 is 1.68. The second-order valence-corrected chi connectivity index (χ2v) is 4.09. The highest BCUT2D eigenvalue weighted by atomic mass is 32.1.